The van der Waals surface area contributed by atoms with E-state index in [1.54, 1.807) is 12.1 Å². The maximum atomic E-state index is 11.4. The van der Waals surface area contributed by atoms with Crippen LogP contribution in [-0.2, 0) is 16.5 Å². The summed E-state index contributed by atoms with van der Waals surface area (Å²) >= 11 is 0. The molecule has 1 aromatic rings. The molecule has 1 N–H and O–H groups in total. The predicted octanol–water partition coefficient (Wildman–Crippen LogP) is 6.96. The fourth-order valence-electron chi connectivity index (χ4n) is 3.47. The summed E-state index contributed by atoms with van der Waals surface area (Å²) in [6, 6.07) is 6.76. The Morgan fingerprint density at radius 1 is 0.704 bits per heavy atom. The van der Waals surface area contributed by atoms with E-state index in [-0.39, 0.29) is 46.2 Å². The third-order valence-corrected chi connectivity index (χ3v) is 6.00. The molecular weight excluding hydrogens is 485 g/mol. The van der Waals surface area contributed by atoms with Crippen molar-refractivity contribution in [1.82, 2.24) is 0 Å². The molecular formula is C22H38O3PrS. The summed E-state index contributed by atoms with van der Waals surface area (Å²) in [4.78, 5) is 0.0645. The Morgan fingerprint density at radius 2 is 1.11 bits per heavy atom. The fraction of sp³-hybridized carbons (Fsp3) is 0.727. The Kier molecular flexibility index (Phi) is 17.7. The van der Waals surface area contributed by atoms with Crippen LogP contribution in [0.5, 0.6) is 0 Å². The van der Waals surface area contributed by atoms with Crippen LogP contribution in [0, 0.1) is 41.3 Å². The van der Waals surface area contributed by atoms with Gasteiger partial charge in [-0.25, -0.2) is 0 Å². The summed E-state index contributed by atoms with van der Waals surface area (Å²) in [5, 5.41) is 0. The second-order valence-electron chi connectivity index (χ2n) is 7.43. The van der Waals surface area contributed by atoms with Gasteiger partial charge in [0.25, 0.3) is 10.1 Å². The minimum Gasteiger partial charge on any atom is -0.282 e. The Hall–Kier alpha value is 0.494. The van der Waals surface area contributed by atoms with E-state index in [2.05, 4.69) is 6.92 Å². The maximum absolute atomic E-state index is 11.4. The molecule has 0 aliphatic carbocycles. The molecule has 0 spiro atoms. The molecule has 5 heteroatoms. The molecule has 0 aromatic heterocycles. The predicted molar refractivity (Wildman–Crippen MR) is 110 cm³/mol. The van der Waals surface area contributed by atoms with E-state index in [0.717, 1.165) is 18.4 Å². The minimum atomic E-state index is -4.10. The number of rotatable bonds is 16. The normalized spacial score (nSPS) is 11.3. The second-order valence-corrected chi connectivity index (χ2v) is 8.82. The second kappa shape index (κ2) is 17.4. The molecule has 3 nitrogen and oxygen atoms in total. The van der Waals surface area contributed by atoms with Crippen LogP contribution in [0.15, 0.2) is 29.2 Å². The first kappa shape index (κ1) is 27.5. The van der Waals surface area contributed by atoms with Gasteiger partial charge in [-0.15, -0.1) is 0 Å². The van der Waals surface area contributed by atoms with E-state index in [0.29, 0.717) is 6.42 Å². The fourth-order valence-corrected chi connectivity index (χ4v) is 4.22. The average Bonchev–Trinajstić information content (AvgIpc) is 2.61. The summed E-state index contributed by atoms with van der Waals surface area (Å²) in [7, 11) is -4.10. The topological polar surface area (TPSA) is 54.4 Å². The van der Waals surface area contributed by atoms with Crippen LogP contribution in [-0.4, -0.2) is 13.0 Å². The summed E-state index contributed by atoms with van der Waals surface area (Å²) in [5.41, 5.74) is 0.730. The molecule has 1 aromatic carbocycles. The SMILES string of the molecule is CCCCCCCCCCCCCCCCc1ccccc1S(=O)(=O)O.[Pr]. The summed E-state index contributed by atoms with van der Waals surface area (Å²) < 4.78 is 32.0. The molecule has 0 aliphatic heterocycles. The number of aryl methyl sites for hydroxylation is 1. The van der Waals surface area contributed by atoms with Crippen LogP contribution in [0.2, 0.25) is 0 Å². The van der Waals surface area contributed by atoms with Gasteiger partial charge in [-0.3, -0.25) is 4.55 Å². The summed E-state index contributed by atoms with van der Waals surface area (Å²) in [5.74, 6) is 0. The van der Waals surface area contributed by atoms with Crippen molar-refractivity contribution in [3.8, 4) is 0 Å². The quantitative estimate of drug-likeness (QED) is 0.188. The zero-order valence-electron chi connectivity index (χ0n) is 17.2. The molecule has 153 valence electrons. The van der Waals surface area contributed by atoms with Gasteiger partial charge in [0.05, 0.1) is 4.90 Å². The Labute approximate surface area is 200 Å². The molecule has 0 heterocycles. The van der Waals surface area contributed by atoms with Gasteiger partial charge in [-0.2, -0.15) is 8.42 Å². The van der Waals surface area contributed by atoms with E-state index in [9.17, 15) is 13.0 Å². The zero-order valence-corrected chi connectivity index (χ0v) is 21.7. The number of unbranched alkanes of at least 4 members (excludes halogenated alkanes) is 13. The third kappa shape index (κ3) is 14.2. The van der Waals surface area contributed by atoms with Crippen molar-refractivity contribution in [2.75, 3.05) is 0 Å². The molecule has 0 fully saturated rings. The Balaban J connectivity index is 0.00000676. The molecule has 27 heavy (non-hydrogen) atoms. The van der Waals surface area contributed by atoms with Crippen LogP contribution < -0.4 is 0 Å². The van der Waals surface area contributed by atoms with E-state index in [4.69, 9.17) is 0 Å². The zero-order chi connectivity index (χ0) is 19.1. The molecule has 0 unspecified atom stereocenters. The summed E-state index contributed by atoms with van der Waals surface area (Å²) in [6.07, 6.45) is 19.1. The first-order valence-corrected chi connectivity index (χ1v) is 12.0. The first-order valence-electron chi connectivity index (χ1n) is 10.6. The molecule has 0 atom stereocenters. The molecule has 0 saturated carbocycles. The van der Waals surface area contributed by atoms with Crippen LogP contribution in [0.4, 0.5) is 0 Å². The number of hydrogen-bond acceptors (Lipinski definition) is 2. The Morgan fingerprint density at radius 3 is 1.56 bits per heavy atom. The van der Waals surface area contributed by atoms with E-state index in [1.807, 2.05) is 6.07 Å². The monoisotopic (exact) mass is 523 g/mol. The molecule has 0 aliphatic rings. The standard InChI is InChI=1S/C22H38O3S.Pr/c1-2-3-4-5-6-7-8-9-10-11-12-13-14-15-18-21-19-16-17-20-22(21)26(23,24)25;/h16-17,19-20H,2-15,18H2,1H3,(H,23,24,25);. The van der Waals surface area contributed by atoms with Crippen LogP contribution in [0.3, 0.4) is 0 Å². The van der Waals surface area contributed by atoms with Crippen molar-refractivity contribution in [1.29, 1.82) is 0 Å². The minimum absolute atomic E-state index is 0. The smallest absolute Gasteiger partial charge is 0.282 e. The van der Waals surface area contributed by atoms with Gasteiger partial charge in [-0.1, -0.05) is 109 Å². The molecule has 0 bridgehead atoms. The third-order valence-electron chi connectivity index (χ3n) is 5.05. The van der Waals surface area contributed by atoms with Crippen molar-refractivity contribution >= 4 is 10.1 Å². The van der Waals surface area contributed by atoms with Crippen molar-refractivity contribution in [2.24, 2.45) is 0 Å². The maximum Gasteiger partial charge on any atom is 0.294 e. The van der Waals surface area contributed by atoms with Crippen LogP contribution in [0.25, 0.3) is 0 Å². The average molecular weight is 524 g/mol. The van der Waals surface area contributed by atoms with Crippen molar-refractivity contribution in [3.63, 3.8) is 0 Å². The van der Waals surface area contributed by atoms with Gasteiger partial charge in [0.2, 0.25) is 0 Å². The van der Waals surface area contributed by atoms with Gasteiger partial charge in [-0.05, 0) is 24.5 Å². The van der Waals surface area contributed by atoms with Gasteiger partial charge >= 0.3 is 0 Å². The van der Waals surface area contributed by atoms with Gasteiger partial charge in [0.15, 0.2) is 0 Å². The molecule has 0 saturated heterocycles. The van der Waals surface area contributed by atoms with Gasteiger partial charge < -0.3 is 0 Å². The number of benzene rings is 1. The first-order chi connectivity index (χ1) is 12.6. The molecule has 0 amide bonds. The van der Waals surface area contributed by atoms with Crippen LogP contribution >= 0.6 is 0 Å². The Bertz CT molecular complexity index is 573. The van der Waals surface area contributed by atoms with Crippen molar-refractivity contribution in [2.45, 2.75) is 108 Å². The van der Waals surface area contributed by atoms with Crippen molar-refractivity contribution in [3.05, 3.63) is 29.8 Å². The molecule has 1 radical (unpaired) electrons. The van der Waals surface area contributed by atoms with E-state index >= 15 is 0 Å². The largest absolute Gasteiger partial charge is 0.294 e. The van der Waals surface area contributed by atoms with E-state index < -0.39 is 10.1 Å². The van der Waals surface area contributed by atoms with Gasteiger partial charge in [0.1, 0.15) is 0 Å². The number of hydrogen-bond donors (Lipinski definition) is 1. The van der Waals surface area contributed by atoms with Crippen molar-refractivity contribution < 1.29 is 54.3 Å². The van der Waals surface area contributed by atoms with Gasteiger partial charge in [0, 0.05) is 41.3 Å². The van der Waals surface area contributed by atoms with E-state index in [1.165, 1.54) is 83.1 Å². The molecule has 1 rings (SSSR count). The van der Waals surface area contributed by atoms with Crippen LogP contribution in [0.1, 0.15) is 102 Å². The summed E-state index contributed by atoms with van der Waals surface area (Å²) in [6.45, 7) is 2.26.